The number of hydrogen-bond donors (Lipinski definition) is 1. The van der Waals surface area contributed by atoms with Gasteiger partial charge in [-0.3, -0.25) is 4.79 Å². The molecule has 0 spiro atoms. The molecule has 0 fully saturated rings. The van der Waals surface area contributed by atoms with Crippen LogP contribution in [0.1, 0.15) is 29.5 Å². The van der Waals surface area contributed by atoms with Gasteiger partial charge in [0, 0.05) is 5.56 Å². The molecule has 0 aliphatic heterocycles. The van der Waals surface area contributed by atoms with Crippen molar-refractivity contribution in [3.8, 4) is 11.3 Å². The van der Waals surface area contributed by atoms with Crippen LogP contribution in [-0.2, 0) is 6.42 Å². The standard InChI is InChI=1S/C13H13BrN2O/c1-2-3-9-4-6-10(7-5-9)12-13(14)16-11(8-17)15-12/h4-8H,2-3H2,1H3,(H,15,16). The number of nitrogens with one attached hydrogen (secondary N) is 1. The number of rotatable bonds is 4. The van der Waals surface area contributed by atoms with Crippen LogP contribution < -0.4 is 0 Å². The minimum absolute atomic E-state index is 0.338. The number of aromatic amines is 1. The number of halogens is 1. The lowest BCUT2D eigenvalue weighted by molar-refractivity contribution is 0.111. The molecule has 0 atom stereocenters. The first-order valence-electron chi connectivity index (χ1n) is 5.54. The van der Waals surface area contributed by atoms with Crippen molar-refractivity contribution in [1.29, 1.82) is 0 Å². The molecule has 0 saturated carbocycles. The van der Waals surface area contributed by atoms with Gasteiger partial charge in [0.1, 0.15) is 10.3 Å². The van der Waals surface area contributed by atoms with E-state index in [0.717, 1.165) is 28.7 Å². The molecule has 2 rings (SSSR count). The van der Waals surface area contributed by atoms with E-state index in [2.05, 4.69) is 45.0 Å². The maximum absolute atomic E-state index is 10.6. The Morgan fingerprint density at radius 3 is 2.59 bits per heavy atom. The Bertz CT molecular complexity index is 517. The highest BCUT2D eigenvalue weighted by molar-refractivity contribution is 9.10. The predicted octanol–water partition coefficient (Wildman–Crippen LogP) is 3.60. The van der Waals surface area contributed by atoms with Gasteiger partial charge in [-0.25, -0.2) is 4.98 Å². The summed E-state index contributed by atoms with van der Waals surface area (Å²) in [5.41, 5.74) is 3.09. The normalized spacial score (nSPS) is 10.5. The Kier molecular flexibility index (Phi) is 3.74. The Hall–Kier alpha value is -1.42. The van der Waals surface area contributed by atoms with Crippen LogP contribution in [-0.4, -0.2) is 16.3 Å². The van der Waals surface area contributed by atoms with Crippen molar-refractivity contribution in [3.63, 3.8) is 0 Å². The van der Waals surface area contributed by atoms with Gasteiger partial charge in [0.2, 0.25) is 0 Å². The van der Waals surface area contributed by atoms with Crippen molar-refractivity contribution in [2.45, 2.75) is 19.8 Å². The molecule has 0 radical (unpaired) electrons. The van der Waals surface area contributed by atoms with Crippen LogP contribution in [0.5, 0.6) is 0 Å². The Labute approximate surface area is 108 Å². The molecule has 17 heavy (non-hydrogen) atoms. The summed E-state index contributed by atoms with van der Waals surface area (Å²) in [4.78, 5) is 17.7. The lowest BCUT2D eigenvalue weighted by atomic mass is 10.1. The van der Waals surface area contributed by atoms with Crippen LogP contribution in [0.25, 0.3) is 11.3 Å². The minimum atomic E-state index is 0.338. The van der Waals surface area contributed by atoms with Gasteiger partial charge in [-0.1, -0.05) is 37.6 Å². The predicted molar refractivity (Wildman–Crippen MR) is 71.1 cm³/mol. The molecular formula is C13H13BrN2O. The number of hydrogen-bond acceptors (Lipinski definition) is 2. The van der Waals surface area contributed by atoms with Gasteiger partial charge in [-0.05, 0) is 27.9 Å². The number of imidazole rings is 1. The van der Waals surface area contributed by atoms with E-state index in [1.807, 2.05) is 12.1 Å². The monoisotopic (exact) mass is 292 g/mol. The van der Waals surface area contributed by atoms with E-state index < -0.39 is 0 Å². The van der Waals surface area contributed by atoms with Crippen LogP contribution in [0.3, 0.4) is 0 Å². The molecule has 0 aliphatic carbocycles. The van der Waals surface area contributed by atoms with E-state index in [9.17, 15) is 4.79 Å². The Morgan fingerprint density at radius 1 is 1.35 bits per heavy atom. The fraction of sp³-hybridized carbons (Fsp3) is 0.231. The fourth-order valence-electron chi connectivity index (χ4n) is 1.73. The number of H-pyrrole nitrogens is 1. The van der Waals surface area contributed by atoms with E-state index in [1.54, 1.807) is 0 Å². The molecular weight excluding hydrogens is 280 g/mol. The topological polar surface area (TPSA) is 45.8 Å². The van der Waals surface area contributed by atoms with Gasteiger partial charge >= 0.3 is 0 Å². The van der Waals surface area contributed by atoms with Gasteiger partial charge in [-0.15, -0.1) is 0 Å². The quantitative estimate of drug-likeness (QED) is 0.875. The lowest BCUT2D eigenvalue weighted by Crippen LogP contribution is -1.85. The Morgan fingerprint density at radius 2 is 2.06 bits per heavy atom. The van der Waals surface area contributed by atoms with Gasteiger partial charge in [-0.2, -0.15) is 0 Å². The summed E-state index contributed by atoms with van der Waals surface area (Å²) in [6.45, 7) is 2.16. The first-order valence-corrected chi connectivity index (χ1v) is 6.34. The molecule has 88 valence electrons. The maximum Gasteiger partial charge on any atom is 0.185 e. The van der Waals surface area contributed by atoms with E-state index in [4.69, 9.17) is 0 Å². The van der Waals surface area contributed by atoms with E-state index in [0.29, 0.717) is 12.1 Å². The number of aryl methyl sites for hydroxylation is 1. The van der Waals surface area contributed by atoms with Crippen LogP contribution in [0.2, 0.25) is 0 Å². The largest absolute Gasteiger partial charge is 0.330 e. The summed E-state index contributed by atoms with van der Waals surface area (Å²) in [7, 11) is 0. The van der Waals surface area contributed by atoms with Gasteiger partial charge in [0.15, 0.2) is 12.1 Å². The molecule has 1 aromatic carbocycles. The molecule has 2 aromatic rings. The molecule has 0 unspecified atom stereocenters. The highest BCUT2D eigenvalue weighted by atomic mass is 79.9. The molecule has 0 saturated heterocycles. The second-order valence-electron chi connectivity index (χ2n) is 3.85. The highest BCUT2D eigenvalue weighted by Crippen LogP contribution is 2.25. The first kappa shape index (κ1) is 12.0. The third-order valence-electron chi connectivity index (χ3n) is 2.56. The van der Waals surface area contributed by atoms with E-state index in [1.165, 1.54) is 5.56 Å². The van der Waals surface area contributed by atoms with Crippen molar-refractivity contribution in [2.75, 3.05) is 0 Å². The number of carbonyl (C=O) groups is 1. The van der Waals surface area contributed by atoms with Crippen LogP contribution in [0.4, 0.5) is 0 Å². The SMILES string of the molecule is CCCc1ccc(-c2nc(C=O)[nH]c2Br)cc1. The molecule has 3 nitrogen and oxygen atoms in total. The minimum Gasteiger partial charge on any atom is -0.330 e. The van der Waals surface area contributed by atoms with Crippen molar-refractivity contribution in [2.24, 2.45) is 0 Å². The van der Waals surface area contributed by atoms with Crippen molar-refractivity contribution in [1.82, 2.24) is 9.97 Å². The van der Waals surface area contributed by atoms with Crippen LogP contribution in [0, 0.1) is 0 Å². The van der Waals surface area contributed by atoms with Crippen molar-refractivity contribution < 1.29 is 4.79 Å². The number of aldehydes is 1. The zero-order chi connectivity index (χ0) is 12.3. The van der Waals surface area contributed by atoms with Crippen molar-refractivity contribution in [3.05, 3.63) is 40.3 Å². The highest BCUT2D eigenvalue weighted by Gasteiger charge is 2.09. The zero-order valence-electron chi connectivity index (χ0n) is 9.53. The summed E-state index contributed by atoms with van der Waals surface area (Å²) < 4.78 is 0.739. The summed E-state index contributed by atoms with van der Waals surface area (Å²) in [6.07, 6.45) is 2.93. The molecule has 4 heteroatoms. The summed E-state index contributed by atoms with van der Waals surface area (Å²) in [5.74, 6) is 0.338. The smallest absolute Gasteiger partial charge is 0.185 e. The number of carbonyl (C=O) groups excluding carboxylic acids is 1. The molecule has 1 N–H and O–H groups in total. The van der Waals surface area contributed by atoms with Crippen molar-refractivity contribution >= 4 is 22.2 Å². The second-order valence-corrected chi connectivity index (χ2v) is 4.64. The molecule has 1 heterocycles. The molecule has 0 amide bonds. The average molecular weight is 293 g/mol. The summed E-state index contributed by atoms with van der Waals surface area (Å²) >= 11 is 3.37. The first-order chi connectivity index (χ1) is 8.24. The Balaban J connectivity index is 2.32. The lowest BCUT2D eigenvalue weighted by Gasteiger charge is -2.01. The third-order valence-corrected chi connectivity index (χ3v) is 3.13. The zero-order valence-corrected chi connectivity index (χ0v) is 11.1. The molecule has 1 aromatic heterocycles. The second kappa shape index (κ2) is 5.27. The van der Waals surface area contributed by atoms with Gasteiger partial charge < -0.3 is 4.98 Å². The summed E-state index contributed by atoms with van der Waals surface area (Å²) in [5, 5.41) is 0. The maximum atomic E-state index is 10.6. The number of aromatic nitrogens is 2. The van der Waals surface area contributed by atoms with Crippen LogP contribution >= 0.6 is 15.9 Å². The molecule has 0 aliphatic rings. The van der Waals surface area contributed by atoms with Gasteiger partial charge in [0.25, 0.3) is 0 Å². The fourth-order valence-corrected chi connectivity index (χ4v) is 2.25. The number of nitrogens with zero attached hydrogens (tertiary/aromatic N) is 1. The van der Waals surface area contributed by atoms with E-state index >= 15 is 0 Å². The summed E-state index contributed by atoms with van der Waals surface area (Å²) in [6, 6.07) is 8.25. The third kappa shape index (κ3) is 2.64. The molecule has 0 bridgehead atoms. The average Bonchev–Trinajstić information content (AvgIpc) is 2.72. The van der Waals surface area contributed by atoms with E-state index in [-0.39, 0.29) is 0 Å². The number of benzene rings is 1. The van der Waals surface area contributed by atoms with Gasteiger partial charge in [0.05, 0.1) is 0 Å². The van der Waals surface area contributed by atoms with Crippen LogP contribution in [0.15, 0.2) is 28.9 Å².